The molecule has 19 heavy (non-hydrogen) atoms. The fourth-order valence-electron chi connectivity index (χ4n) is 2.27. The monoisotopic (exact) mass is 278 g/mol. The van der Waals surface area contributed by atoms with E-state index < -0.39 is 0 Å². The lowest BCUT2D eigenvalue weighted by atomic mass is 10.1. The molecule has 1 aliphatic rings. The number of benzene rings is 1. The highest BCUT2D eigenvalue weighted by molar-refractivity contribution is 8.00. The molecular formula is C16H22O2S. The van der Waals surface area contributed by atoms with Crippen LogP contribution in [0.5, 0.6) is 0 Å². The summed E-state index contributed by atoms with van der Waals surface area (Å²) in [7, 11) is 0. The summed E-state index contributed by atoms with van der Waals surface area (Å²) < 4.78 is 5.33. The topological polar surface area (TPSA) is 26.3 Å². The molecule has 0 unspecified atom stereocenters. The normalized spacial score (nSPS) is 16.5. The Balaban J connectivity index is 1.81. The van der Waals surface area contributed by atoms with Gasteiger partial charge in [0.25, 0.3) is 0 Å². The number of carbonyl (C=O) groups is 1. The third-order valence-electron chi connectivity index (χ3n) is 3.43. The Bertz CT molecular complexity index is 394. The van der Waals surface area contributed by atoms with Gasteiger partial charge in [-0.15, -0.1) is 0 Å². The summed E-state index contributed by atoms with van der Waals surface area (Å²) in [6.45, 7) is 3.86. The number of hydrogen-bond donors (Lipinski definition) is 0. The first-order valence-electron chi connectivity index (χ1n) is 7.11. The van der Waals surface area contributed by atoms with Crippen molar-refractivity contribution in [3.8, 4) is 0 Å². The van der Waals surface area contributed by atoms with Gasteiger partial charge in [0.05, 0.1) is 5.75 Å². The van der Waals surface area contributed by atoms with Crippen molar-refractivity contribution in [3.05, 3.63) is 35.4 Å². The molecule has 0 amide bonds. The van der Waals surface area contributed by atoms with Crippen molar-refractivity contribution >= 4 is 17.5 Å². The Morgan fingerprint density at radius 1 is 1.26 bits per heavy atom. The van der Waals surface area contributed by atoms with Crippen LogP contribution in [0.25, 0.3) is 0 Å². The number of aryl methyl sites for hydroxylation is 1. The molecular weight excluding hydrogens is 256 g/mol. The van der Waals surface area contributed by atoms with Crippen molar-refractivity contribution in [1.82, 2.24) is 0 Å². The largest absolute Gasteiger partial charge is 0.381 e. The Labute approximate surface area is 119 Å². The van der Waals surface area contributed by atoms with Gasteiger partial charge in [-0.3, -0.25) is 4.79 Å². The molecule has 0 aromatic heterocycles. The molecule has 2 rings (SSSR count). The Morgan fingerprint density at radius 2 is 1.95 bits per heavy atom. The summed E-state index contributed by atoms with van der Waals surface area (Å²) in [5.74, 6) is 0.845. The van der Waals surface area contributed by atoms with E-state index in [0.29, 0.717) is 11.0 Å². The second-order valence-electron chi connectivity index (χ2n) is 4.99. The van der Waals surface area contributed by atoms with E-state index in [1.54, 1.807) is 11.8 Å². The molecule has 104 valence electrons. The molecule has 1 aromatic carbocycles. The average molecular weight is 278 g/mol. The zero-order chi connectivity index (χ0) is 13.5. The minimum atomic E-state index is 0.250. The van der Waals surface area contributed by atoms with Gasteiger partial charge in [-0.25, -0.2) is 0 Å². The number of Topliss-reactive ketones (excluding diaryl/α,β-unsaturated/α-hetero) is 1. The molecule has 0 N–H and O–H groups in total. The highest BCUT2D eigenvalue weighted by Gasteiger charge is 2.16. The maximum absolute atomic E-state index is 12.1. The number of carbonyl (C=O) groups excluding carboxylic acids is 1. The molecule has 0 aliphatic carbocycles. The molecule has 0 saturated carbocycles. The average Bonchev–Trinajstić information content (AvgIpc) is 2.47. The molecule has 2 nitrogen and oxygen atoms in total. The molecule has 0 bridgehead atoms. The van der Waals surface area contributed by atoms with E-state index in [9.17, 15) is 4.79 Å². The standard InChI is InChI=1S/C16H22O2S/c1-2-3-13-4-6-14(7-5-13)16(17)12-19-15-8-10-18-11-9-15/h4-7,15H,2-3,8-12H2,1H3. The maximum Gasteiger partial charge on any atom is 0.172 e. The lowest BCUT2D eigenvalue weighted by molar-refractivity contribution is 0.0988. The van der Waals surface area contributed by atoms with E-state index in [0.717, 1.165) is 44.5 Å². The van der Waals surface area contributed by atoms with Gasteiger partial charge in [0.1, 0.15) is 0 Å². The Hall–Kier alpha value is -0.800. The van der Waals surface area contributed by atoms with Gasteiger partial charge in [-0.2, -0.15) is 11.8 Å². The first kappa shape index (κ1) is 14.6. The lowest BCUT2D eigenvalue weighted by Crippen LogP contribution is -2.19. The fourth-order valence-corrected chi connectivity index (χ4v) is 3.35. The van der Waals surface area contributed by atoms with E-state index in [1.807, 2.05) is 12.1 Å². The minimum absolute atomic E-state index is 0.250. The van der Waals surface area contributed by atoms with Crippen LogP contribution >= 0.6 is 11.8 Å². The van der Waals surface area contributed by atoms with Gasteiger partial charge >= 0.3 is 0 Å². The van der Waals surface area contributed by atoms with Gasteiger partial charge in [0.2, 0.25) is 0 Å². The zero-order valence-corrected chi connectivity index (χ0v) is 12.4. The number of ketones is 1. The Morgan fingerprint density at radius 3 is 2.58 bits per heavy atom. The summed E-state index contributed by atoms with van der Waals surface area (Å²) in [4.78, 5) is 12.1. The predicted molar refractivity (Wildman–Crippen MR) is 81.1 cm³/mol. The summed E-state index contributed by atoms with van der Waals surface area (Å²) in [6.07, 6.45) is 4.39. The number of thioether (sulfide) groups is 1. The summed E-state index contributed by atoms with van der Waals surface area (Å²) >= 11 is 1.79. The van der Waals surface area contributed by atoms with Gasteiger partial charge in [0, 0.05) is 24.0 Å². The molecule has 0 spiro atoms. The van der Waals surface area contributed by atoms with Crippen molar-refractivity contribution in [1.29, 1.82) is 0 Å². The molecule has 1 saturated heterocycles. The van der Waals surface area contributed by atoms with Crippen LogP contribution < -0.4 is 0 Å². The maximum atomic E-state index is 12.1. The molecule has 0 atom stereocenters. The SMILES string of the molecule is CCCc1ccc(C(=O)CSC2CCOCC2)cc1. The van der Waals surface area contributed by atoms with E-state index in [1.165, 1.54) is 5.56 Å². The highest BCUT2D eigenvalue weighted by Crippen LogP contribution is 2.23. The van der Waals surface area contributed by atoms with Crippen LogP contribution in [-0.4, -0.2) is 30.0 Å². The van der Waals surface area contributed by atoms with Crippen LogP contribution in [0, 0.1) is 0 Å². The second kappa shape index (κ2) is 7.71. The summed E-state index contributed by atoms with van der Waals surface area (Å²) in [5.41, 5.74) is 2.16. The van der Waals surface area contributed by atoms with Crippen LogP contribution in [0.15, 0.2) is 24.3 Å². The molecule has 3 heteroatoms. The van der Waals surface area contributed by atoms with Gasteiger partial charge in [0.15, 0.2) is 5.78 Å². The van der Waals surface area contributed by atoms with Crippen molar-refractivity contribution in [2.24, 2.45) is 0 Å². The van der Waals surface area contributed by atoms with Crippen molar-refractivity contribution < 1.29 is 9.53 Å². The summed E-state index contributed by atoms with van der Waals surface area (Å²) in [5, 5.41) is 0.595. The van der Waals surface area contributed by atoms with Gasteiger partial charge < -0.3 is 4.74 Å². The second-order valence-corrected chi connectivity index (χ2v) is 6.28. The van der Waals surface area contributed by atoms with Crippen molar-refractivity contribution in [2.45, 2.75) is 37.9 Å². The van der Waals surface area contributed by atoms with Crippen LogP contribution in [0.3, 0.4) is 0 Å². The highest BCUT2D eigenvalue weighted by atomic mass is 32.2. The van der Waals surface area contributed by atoms with Crippen molar-refractivity contribution in [2.75, 3.05) is 19.0 Å². The van der Waals surface area contributed by atoms with Crippen molar-refractivity contribution in [3.63, 3.8) is 0 Å². The molecule has 0 radical (unpaired) electrons. The van der Waals surface area contributed by atoms with E-state index in [2.05, 4.69) is 19.1 Å². The van der Waals surface area contributed by atoms with Crippen LogP contribution in [0.2, 0.25) is 0 Å². The van der Waals surface area contributed by atoms with E-state index in [-0.39, 0.29) is 5.78 Å². The van der Waals surface area contributed by atoms with Crippen LogP contribution in [0.1, 0.15) is 42.1 Å². The number of rotatable bonds is 6. The third kappa shape index (κ3) is 4.66. The molecule has 1 heterocycles. The first-order chi connectivity index (χ1) is 9.29. The molecule has 1 fully saturated rings. The molecule has 1 aliphatic heterocycles. The smallest absolute Gasteiger partial charge is 0.172 e. The Kier molecular flexibility index (Phi) is 5.93. The summed E-state index contributed by atoms with van der Waals surface area (Å²) in [6, 6.07) is 8.10. The minimum Gasteiger partial charge on any atom is -0.381 e. The third-order valence-corrected chi connectivity index (χ3v) is 4.80. The zero-order valence-electron chi connectivity index (χ0n) is 11.6. The van der Waals surface area contributed by atoms with Gasteiger partial charge in [-0.05, 0) is 24.8 Å². The predicted octanol–water partition coefficient (Wildman–Crippen LogP) is 3.73. The number of ether oxygens (including phenoxy) is 1. The van der Waals surface area contributed by atoms with E-state index >= 15 is 0 Å². The molecule has 1 aromatic rings. The van der Waals surface area contributed by atoms with Crippen LogP contribution in [-0.2, 0) is 11.2 Å². The quantitative estimate of drug-likeness (QED) is 0.742. The van der Waals surface area contributed by atoms with Crippen LogP contribution in [0.4, 0.5) is 0 Å². The fraction of sp³-hybridized carbons (Fsp3) is 0.562. The first-order valence-corrected chi connectivity index (χ1v) is 8.16. The number of hydrogen-bond acceptors (Lipinski definition) is 3. The van der Waals surface area contributed by atoms with E-state index in [4.69, 9.17) is 4.74 Å². The van der Waals surface area contributed by atoms with Gasteiger partial charge in [-0.1, -0.05) is 37.6 Å². The lowest BCUT2D eigenvalue weighted by Gasteiger charge is -2.21.